The quantitative estimate of drug-likeness (QED) is 0.673. The zero-order valence-corrected chi connectivity index (χ0v) is 12.6. The number of carbonyl (C=O) groups is 3. The SMILES string of the molecule is O=C(ON1C(=O)c2ccccc2C1=O)c1cncc2ccc(F)cc12. The zero-order chi connectivity index (χ0) is 17.6. The van der Waals surface area contributed by atoms with Crippen LogP contribution >= 0.6 is 0 Å². The van der Waals surface area contributed by atoms with Crippen LogP contribution in [0.15, 0.2) is 54.9 Å². The lowest BCUT2D eigenvalue weighted by Crippen LogP contribution is -2.32. The van der Waals surface area contributed by atoms with Gasteiger partial charge < -0.3 is 4.84 Å². The van der Waals surface area contributed by atoms with E-state index < -0.39 is 23.6 Å². The maximum Gasteiger partial charge on any atom is 0.366 e. The monoisotopic (exact) mass is 336 g/mol. The number of hydrogen-bond donors (Lipinski definition) is 0. The van der Waals surface area contributed by atoms with Gasteiger partial charge in [-0.25, -0.2) is 9.18 Å². The second-order valence-corrected chi connectivity index (χ2v) is 5.38. The molecule has 0 radical (unpaired) electrons. The minimum absolute atomic E-state index is 0.0476. The number of hydroxylamine groups is 2. The second kappa shape index (κ2) is 5.48. The molecule has 2 aromatic carbocycles. The van der Waals surface area contributed by atoms with Gasteiger partial charge in [-0.1, -0.05) is 17.2 Å². The summed E-state index contributed by atoms with van der Waals surface area (Å²) in [6.45, 7) is 0. The Balaban J connectivity index is 1.69. The van der Waals surface area contributed by atoms with Gasteiger partial charge in [0.25, 0.3) is 11.8 Å². The van der Waals surface area contributed by atoms with Gasteiger partial charge in [0.15, 0.2) is 0 Å². The molecule has 1 aliphatic heterocycles. The summed E-state index contributed by atoms with van der Waals surface area (Å²) in [7, 11) is 0. The van der Waals surface area contributed by atoms with Crippen molar-refractivity contribution in [2.45, 2.75) is 0 Å². The van der Waals surface area contributed by atoms with E-state index in [1.165, 1.54) is 36.7 Å². The standard InChI is InChI=1S/C18H9FN2O4/c19-11-6-5-10-8-20-9-15(14(10)7-11)18(24)25-21-16(22)12-3-1-2-4-13(12)17(21)23/h1-9H. The average molecular weight is 336 g/mol. The van der Waals surface area contributed by atoms with E-state index in [9.17, 15) is 18.8 Å². The Hall–Kier alpha value is -3.61. The van der Waals surface area contributed by atoms with Crippen molar-refractivity contribution in [3.8, 4) is 0 Å². The lowest BCUT2D eigenvalue weighted by Gasteiger charge is -2.13. The molecule has 0 bridgehead atoms. The molecule has 7 heteroatoms. The predicted molar refractivity (Wildman–Crippen MR) is 84.1 cm³/mol. The highest BCUT2D eigenvalue weighted by Crippen LogP contribution is 2.25. The molecule has 1 aliphatic rings. The molecule has 0 unspecified atom stereocenters. The molecule has 3 aromatic rings. The van der Waals surface area contributed by atoms with E-state index in [4.69, 9.17) is 4.84 Å². The summed E-state index contributed by atoms with van der Waals surface area (Å²) < 4.78 is 13.5. The molecule has 122 valence electrons. The molecule has 2 heterocycles. The van der Waals surface area contributed by atoms with Crippen molar-refractivity contribution in [2.75, 3.05) is 0 Å². The van der Waals surface area contributed by atoms with Crippen molar-refractivity contribution in [3.63, 3.8) is 0 Å². The fourth-order valence-electron chi connectivity index (χ4n) is 2.68. The second-order valence-electron chi connectivity index (χ2n) is 5.38. The molecular weight excluding hydrogens is 327 g/mol. The van der Waals surface area contributed by atoms with Crippen LogP contribution in [0.5, 0.6) is 0 Å². The van der Waals surface area contributed by atoms with Gasteiger partial charge in [0.05, 0.1) is 16.7 Å². The molecule has 0 spiro atoms. The van der Waals surface area contributed by atoms with Crippen molar-refractivity contribution >= 4 is 28.6 Å². The van der Waals surface area contributed by atoms with E-state index in [0.29, 0.717) is 10.4 Å². The number of rotatable bonds is 2. The average Bonchev–Trinajstić information content (AvgIpc) is 2.86. The Labute approximate surface area is 140 Å². The summed E-state index contributed by atoms with van der Waals surface area (Å²) in [6.07, 6.45) is 2.66. The molecule has 2 amide bonds. The van der Waals surface area contributed by atoms with Crippen LogP contribution in [0.25, 0.3) is 10.8 Å². The predicted octanol–water partition coefficient (Wildman–Crippen LogP) is 2.74. The molecule has 0 atom stereocenters. The van der Waals surface area contributed by atoms with Crippen LogP contribution in [-0.4, -0.2) is 27.8 Å². The Bertz CT molecular complexity index is 1030. The molecule has 6 nitrogen and oxygen atoms in total. The van der Waals surface area contributed by atoms with Gasteiger partial charge >= 0.3 is 5.97 Å². The van der Waals surface area contributed by atoms with Crippen LogP contribution in [0.1, 0.15) is 31.1 Å². The number of fused-ring (bicyclic) bond motifs is 2. The fourth-order valence-corrected chi connectivity index (χ4v) is 2.68. The van der Waals surface area contributed by atoms with E-state index in [0.717, 1.165) is 6.07 Å². The highest BCUT2D eigenvalue weighted by molar-refractivity contribution is 6.21. The third kappa shape index (κ3) is 2.33. The number of nitrogens with zero attached hydrogens (tertiary/aromatic N) is 2. The molecule has 0 saturated carbocycles. The molecule has 4 rings (SSSR count). The maximum absolute atomic E-state index is 13.5. The Kier molecular flexibility index (Phi) is 3.28. The molecule has 0 fully saturated rings. The highest BCUT2D eigenvalue weighted by Gasteiger charge is 2.39. The summed E-state index contributed by atoms with van der Waals surface area (Å²) >= 11 is 0. The van der Waals surface area contributed by atoms with Crippen molar-refractivity contribution < 1.29 is 23.6 Å². The van der Waals surface area contributed by atoms with E-state index >= 15 is 0 Å². The minimum Gasteiger partial charge on any atom is -0.324 e. The minimum atomic E-state index is -0.974. The first kappa shape index (κ1) is 14.9. The largest absolute Gasteiger partial charge is 0.366 e. The van der Waals surface area contributed by atoms with Crippen LogP contribution in [-0.2, 0) is 4.84 Å². The number of hydrogen-bond acceptors (Lipinski definition) is 5. The number of imide groups is 1. The third-order valence-electron chi connectivity index (χ3n) is 3.87. The van der Waals surface area contributed by atoms with Crippen LogP contribution in [0.3, 0.4) is 0 Å². The van der Waals surface area contributed by atoms with Gasteiger partial charge in [0.2, 0.25) is 0 Å². The fraction of sp³-hybridized carbons (Fsp3) is 0. The summed E-state index contributed by atoms with van der Waals surface area (Å²) in [5, 5.41) is 1.21. The molecule has 0 saturated heterocycles. The topological polar surface area (TPSA) is 76.6 Å². The van der Waals surface area contributed by atoms with Crippen LogP contribution in [0.2, 0.25) is 0 Å². The number of carbonyl (C=O) groups excluding carboxylic acids is 3. The van der Waals surface area contributed by atoms with Crippen LogP contribution in [0.4, 0.5) is 4.39 Å². The first-order valence-electron chi connectivity index (χ1n) is 7.29. The number of pyridine rings is 1. The Morgan fingerprint density at radius 2 is 1.68 bits per heavy atom. The number of benzene rings is 2. The van der Waals surface area contributed by atoms with Crippen molar-refractivity contribution in [1.29, 1.82) is 0 Å². The van der Waals surface area contributed by atoms with Crippen molar-refractivity contribution in [2.24, 2.45) is 0 Å². The maximum atomic E-state index is 13.5. The smallest absolute Gasteiger partial charge is 0.324 e. The van der Waals surface area contributed by atoms with Gasteiger partial charge in [-0.3, -0.25) is 14.6 Å². The summed E-state index contributed by atoms with van der Waals surface area (Å²) in [5.74, 6) is -2.96. The van der Waals surface area contributed by atoms with Crippen LogP contribution in [0, 0.1) is 5.82 Å². The Morgan fingerprint density at radius 1 is 1.00 bits per heavy atom. The van der Waals surface area contributed by atoms with E-state index in [1.807, 2.05) is 0 Å². The van der Waals surface area contributed by atoms with E-state index in [1.54, 1.807) is 12.1 Å². The van der Waals surface area contributed by atoms with Gasteiger partial charge in [0, 0.05) is 23.2 Å². The third-order valence-corrected chi connectivity index (χ3v) is 3.87. The van der Waals surface area contributed by atoms with Crippen LogP contribution < -0.4 is 0 Å². The first-order chi connectivity index (χ1) is 12.1. The summed E-state index contributed by atoms with van der Waals surface area (Å²) in [6, 6.07) is 10.0. The van der Waals surface area contributed by atoms with Gasteiger partial charge in [-0.2, -0.15) is 0 Å². The summed E-state index contributed by atoms with van der Waals surface area (Å²) in [4.78, 5) is 45.8. The number of halogens is 1. The van der Waals surface area contributed by atoms with Gasteiger partial charge in [-0.05, 0) is 30.3 Å². The zero-order valence-electron chi connectivity index (χ0n) is 12.6. The lowest BCUT2D eigenvalue weighted by atomic mass is 10.1. The molecule has 0 aliphatic carbocycles. The molecule has 25 heavy (non-hydrogen) atoms. The van der Waals surface area contributed by atoms with Gasteiger partial charge in [-0.15, -0.1) is 0 Å². The summed E-state index contributed by atoms with van der Waals surface area (Å²) in [5.41, 5.74) is 0.262. The normalized spacial score (nSPS) is 13.2. The van der Waals surface area contributed by atoms with Crippen molar-refractivity contribution in [1.82, 2.24) is 10.0 Å². The lowest BCUT2D eigenvalue weighted by molar-refractivity contribution is -0.0583. The first-order valence-corrected chi connectivity index (χ1v) is 7.29. The molecule has 0 N–H and O–H groups in total. The van der Waals surface area contributed by atoms with Gasteiger partial charge in [0.1, 0.15) is 5.82 Å². The molecular formula is C18H9FN2O4. The Morgan fingerprint density at radius 3 is 2.36 bits per heavy atom. The molecule has 1 aromatic heterocycles. The highest BCUT2D eigenvalue weighted by atomic mass is 19.1. The van der Waals surface area contributed by atoms with Crippen molar-refractivity contribution in [3.05, 3.63) is 77.4 Å². The number of aromatic nitrogens is 1. The van der Waals surface area contributed by atoms with E-state index in [2.05, 4.69) is 4.98 Å². The van der Waals surface area contributed by atoms with E-state index in [-0.39, 0.29) is 22.1 Å². The number of amides is 2.